The minimum absolute atomic E-state index is 0.0469. The van der Waals surface area contributed by atoms with Crippen LogP contribution in [0.2, 0.25) is 0 Å². The summed E-state index contributed by atoms with van der Waals surface area (Å²) in [6.45, 7) is 5.73. The number of benzene rings is 1. The maximum atomic E-state index is 12.0. The Morgan fingerprint density at radius 1 is 1.37 bits per heavy atom. The second kappa shape index (κ2) is 6.18. The normalized spacial score (nSPS) is 11.5. The number of anilines is 1. The molecule has 0 fully saturated rings. The number of carbonyl (C=O) groups excluding carboxylic acids is 1. The average Bonchev–Trinajstić information content (AvgIpc) is 2.36. The third-order valence-electron chi connectivity index (χ3n) is 3.06. The molecule has 0 aliphatic rings. The van der Waals surface area contributed by atoms with Gasteiger partial charge < -0.3 is 10.4 Å². The fourth-order valence-electron chi connectivity index (χ4n) is 1.35. The molecule has 0 aromatic heterocycles. The number of nitrogens with one attached hydrogen (secondary N) is 1. The molecule has 4 nitrogen and oxygen atoms in total. The molecule has 0 saturated heterocycles. The highest BCUT2D eigenvalue weighted by atomic mass is 16.4. The van der Waals surface area contributed by atoms with Crippen LogP contribution in [0.3, 0.4) is 0 Å². The van der Waals surface area contributed by atoms with Crippen LogP contribution in [0, 0.1) is 5.41 Å². The maximum absolute atomic E-state index is 12.0. The summed E-state index contributed by atoms with van der Waals surface area (Å²) in [6.07, 6.45) is 3.30. The van der Waals surface area contributed by atoms with Crippen molar-refractivity contribution in [2.45, 2.75) is 27.2 Å². The predicted octanol–water partition coefficient (Wildman–Crippen LogP) is 3.16. The molecule has 0 spiro atoms. The van der Waals surface area contributed by atoms with Gasteiger partial charge in [-0.2, -0.15) is 0 Å². The van der Waals surface area contributed by atoms with Gasteiger partial charge in [-0.3, -0.25) is 4.79 Å². The van der Waals surface area contributed by atoms with Crippen molar-refractivity contribution >= 4 is 23.6 Å². The van der Waals surface area contributed by atoms with Crippen molar-refractivity contribution in [2.75, 3.05) is 5.32 Å². The molecule has 1 rings (SSSR count). The number of carboxylic acid groups (broad SMARTS) is 1. The van der Waals surface area contributed by atoms with Gasteiger partial charge in [-0.1, -0.05) is 32.9 Å². The van der Waals surface area contributed by atoms with Gasteiger partial charge >= 0.3 is 5.97 Å². The molecule has 0 bridgehead atoms. The van der Waals surface area contributed by atoms with Crippen molar-refractivity contribution in [2.24, 2.45) is 5.41 Å². The molecule has 0 saturated carbocycles. The summed E-state index contributed by atoms with van der Waals surface area (Å²) in [6, 6.07) is 7.07. The number of rotatable bonds is 5. The summed E-state index contributed by atoms with van der Waals surface area (Å²) < 4.78 is 0. The van der Waals surface area contributed by atoms with Crippen LogP contribution in [0.1, 0.15) is 32.8 Å². The molecule has 0 heterocycles. The minimum Gasteiger partial charge on any atom is -0.478 e. The Morgan fingerprint density at radius 2 is 2.05 bits per heavy atom. The summed E-state index contributed by atoms with van der Waals surface area (Å²) >= 11 is 0. The van der Waals surface area contributed by atoms with Gasteiger partial charge in [0.1, 0.15) is 0 Å². The first-order chi connectivity index (χ1) is 8.85. The summed E-state index contributed by atoms with van der Waals surface area (Å²) in [5.41, 5.74) is 0.973. The third kappa shape index (κ3) is 4.58. The van der Waals surface area contributed by atoms with Crippen molar-refractivity contribution in [3.8, 4) is 0 Å². The Balaban J connectivity index is 2.83. The molecule has 0 radical (unpaired) electrons. The van der Waals surface area contributed by atoms with E-state index in [2.05, 4.69) is 5.32 Å². The summed E-state index contributed by atoms with van der Waals surface area (Å²) in [4.78, 5) is 22.5. The molecule has 0 atom stereocenters. The van der Waals surface area contributed by atoms with E-state index in [0.717, 1.165) is 18.1 Å². The van der Waals surface area contributed by atoms with E-state index in [4.69, 9.17) is 5.11 Å². The lowest BCUT2D eigenvalue weighted by Gasteiger charge is -2.21. The third-order valence-corrected chi connectivity index (χ3v) is 3.06. The largest absolute Gasteiger partial charge is 0.478 e. The first-order valence-corrected chi connectivity index (χ1v) is 6.17. The summed E-state index contributed by atoms with van der Waals surface area (Å²) in [5, 5.41) is 11.4. The van der Waals surface area contributed by atoms with Gasteiger partial charge in [0.2, 0.25) is 5.91 Å². The van der Waals surface area contributed by atoms with Crippen LogP contribution in [0.15, 0.2) is 30.3 Å². The SMILES string of the molecule is CCC(C)(C)C(=O)Nc1cccc(C=CC(=O)O)c1. The van der Waals surface area contributed by atoms with Crippen LogP contribution < -0.4 is 5.32 Å². The lowest BCUT2D eigenvalue weighted by atomic mass is 9.89. The van der Waals surface area contributed by atoms with E-state index in [-0.39, 0.29) is 5.91 Å². The molecule has 1 amide bonds. The monoisotopic (exact) mass is 261 g/mol. The van der Waals surface area contributed by atoms with Crippen LogP contribution in [0.4, 0.5) is 5.69 Å². The van der Waals surface area contributed by atoms with Crippen molar-refractivity contribution in [1.82, 2.24) is 0 Å². The average molecular weight is 261 g/mol. The highest BCUT2D eigenvalue weighted by Gasteiger charge is 2.25. The molecule has 1 aromatic rings. The zero-order valence-corrected chi connectivity index (χ0v) is 11.4. The van der Waals surface area contributed by atoms with Crippen LogP contribution >= 0.6 is 0 Å². The Morgan fingerprint density at radius 3 is 2.63 bits per heavy atom. The molecule has 0 aliphatic heterocycles. The van der Waals surface area contributed by atoms with Gasteiger partial charge in [0.15, 0.2) is 0 Å². The number of carbonyl (C=O) groups is 2. The Kier molecular flexibility index (Phi) is 4.87. The number of aliphatic carboxylic acids is 1. The van der Waals surface area contributed by atoms with E-state index >= 15 is 0 Å². The first kappa shape index (κ1) is 15.0. The molecule has 1 aromatic carbocycles. The Hall–Kier alpha value is -2.10. The van der Waals surface area contributed by atoms with E-state index < -0.39 is 11.4 Å². The van der Waals surface area contributed by atoms with E-state index in [1.807, 2.05) is 20.8 Å². The number of hydrogen-bond acceptors (Lipinski definition) is 2. The summed E-state index contributed by atoms with van der Waals surface area (Å²) in [5.74, 6) is -1.05. The maximum Gasteiger partial charge on any atom is 0.328 e. The number of hydrogen-bond donors (Lipinski definition) is 2. The van der Waals surface area contributed by atoms with Gasteiger partial charge in [-0.25, -0.2) is 4.79 Å². The van der Waals surface area contributed by atoms with Gasteiger partial charge in [0.05, 0.1) is 0 Å². The quantitative estimate of drug-likeness (QED) is 0.800. The van der Waals surface area contributed by atoms with Crippen LogP contribution in [-0.4, -0.2) is 17.0 Å². The van der Waals surface area contributed by atoms with E-state index in [9.17, 15) is 9.59 Å². The smallest absolute Gasteiger partial charge is 0.328 e. The molecule has 2 N–H and O–H groups in total. The second-order valence-electron chi connectivity index (χ2n) is 4.99. The Bertz CT molecular complexity index is 504. The van der Waals surface area contributed by atoms with Gasteiger partial charge in [-0.15, -0.1) is 0 Å². The lowest BCUT2D eigenvalue weighted by Crippen LogP contribution is -2.29. The summed E-state index contributed by atoms with van der Waals surface area (Å²) in [7, 11) is 0. The highest BCUT2D eigenvalue weighted by Crippen LogP contribution is 2.22. The van der Waals surface area contributed by atoms with Crippen molar-refractivity contribution < 1.29 is 14.7 Å². The number of carboxylic acids is 1. The molecule has 4 heteroatoms. The topological polar surface area (TPSA) is 66.4 Å². The van der Waals surface area contributed by atoms with Gasteiger partial charge in [-0.05, 0) is 30.2 Å². The lowest BCUT2D eigenvalue weighted by molar-refractivity contribution is -0.131. The minimum atomic E-state index is -0.999. The molecular weight excluding hydrogens is 242 g/mol. The van der Waals surface area contributed by atoms with Crippen molar-refractivity contribution in [1.29, 1.82) is 0 Å². The van der Waals surface area contributed by atoms with E-state index in [1.165, 1.54) is 6.08 Å². The molecule has 19 heavy (non-hydrogen) atoms. The highest BCUT2D eigenvalue weighted by molar-refractivity contribution is 5.95. The molecule has 0 unspecified atom stereocenters. The van der Waals surface area contributed by atoms with Crippen molar-refractivity contribution in [3.05, 3.63) is 35.9 Å². The molecular formula is C15H19NO3. The van der Waals surface area contributed by atoms with E-state index in [1.54, 1.807) is 24.3 Å². The van der Waals surface area contributed by atoms with E-state index in [0.29, 0.717) is 5.69 Å². The molecule has 102 valence electrons. The fourth-order valence-corrected chi connectivity index (χ4v) is 1.35. The number of amides is 1. The fraction of sp³-hybridized carbons (Fsp3) is 0.333. The van der Waals surface area contributed by atoms with Crippen LogP contribution in [0.25, 0.3) is 6.08 Å². The standard InChI is InChI=1S/C15H19NO3/c1-4-15(2,3)14(19)16-12-7-5-6-11(10-12)8-9-13(17)18/h5-10H,4H2,1-3H3,(H,16,19)(H,17,18). The molecule has 0 aliphatic carbocycles. The van der Waals surface area contributed by atoms with Gasteiger partial charge in [0.25, 0.3) is 0 Å². The van der Waals surface area contributed by atoms with Gasteiger partial charge in [0, 0.05) is 17.2 Å². The zero-order chi connectivity index (χ0) is 14.5. The Labute approximate surface area is 113 Å². The zero-order valence-electron chi connectivity index (χ0n) is 11.4. The second-order valence-corrected chi connectivity index (χ2v) is 4.99. The predicted molar refractivity (Wildman–Crippen MR) is 75.8 cm³/mol. The van der Waals surface area contributed by atoms with Crippen LogP contribution in [-0.2, 0) is 9.59 Å². The van der Waals surface area contributed by atoms with Crippen molar-refractivity contribution in [3.63, 3.8) is 0 Å². The van der Waals surface area contributed by atoms with Crippen LogP contribution in [0.5, 0.6) is 0 Å². The first-order valence-electron chi connectivity index (χ1n) is 6.17.